The molecule has 2 N–H and O–H groups in total. The molecular formula is C17H26N2O4S. The third kappa shape index (κ3) is 5.29. The number of rotatable bonds is 8. The van der Waals surface area contributed by atoms with E-state index in [1.54, 1.807) is 28.6 Å². The molecular weight excluding hydrogens is 328 g/mol. The molecule has 0 aromatic heterocycles. The lowest BCUT2D eigenvalue weighted by Crippen LogP contribution is -2.35. The smallest absolute Gasteiger partial charge is 0.243 e. The van der Waals surface area contributed by atoms with Crippen LogP contribution in [0.1, 0.15) is 37.7 Å². The number of hydrogen-bond acceptors (Lipinski definition) is 4. The lowest BCUT2D eigenvalue weighted by Gasteiger charge is -2.25. The SMILES string of the molecule is O=C(CCc1ccc(S(=O)(=O)N2CCCCC2)cc1)NCCCO. The molecule has 1 aromatic carbocycles. The van der Waals surface area contributed by atoms with E-state index >= 15 is 0 Å². The third-order valence-corrected chi connectivity index (χ3v) is 6.09. The van der Waals surface area contributed by atoms with Crippen molar-refractivity contribution in [2.75, 3.05) is 26.2 Å². The summed E-state index contributed by atoms with van der Waals surface area (Å²) < 4.78 is 26.7. The van der Waals surface area contributed by atoms with Crippen LogP contribution in [0.5, 0.6) is 0 Å². The standard InChI is InChI=1S/C17H26N2O4S/c20-14-4-11-18-17(21)10-7-15-5-8-16(9-6-15)24(22,23)19-12-2-1-3-13-19/h5-6,8-9,20H,1-4,7,10-14H2,(H,18,21). The molecule has 6 nitrogen and oxygen atoms in total. The van der Waals surface area contributed by atoms with Crippen molar-refractivity contribution >= 4 is 15.9 Å². The molecule has 7 heteroatoms. The van der Waals surface area contributed by atoms with E-state index in [4.69, 9.17) is 5.11 Å². The minimum atomic E-state index is -3.39. The number of aliphatic hydroxyl groups excluding tert-OH is 1. The topological polar surface area (TPSA) is 86.7 Å². The lowest BCUT2D eigenvalue weighted by atomic mass is 10.1. The van der Waals surface area contributed by atoms with Gasteiger partial charge in [-0.1, -0.05) is 18.6 Å². The Morgan fingerprint density at radius 1 is 1.12 bits per heavy atom. The Balaban J connectivity index is 1.89. The second-order valence-electron chi connectivity index (χ2n) is 6.04. The lowest BCUT2D eigenvalue weighted by molar-refractivity contribution is -0.121. The van der Waals surface area contributed by atoms with Crippen LogP contribution in [0, 0.1) is 0 Å². The van der Waals surface area contributed by atoms with Gasteiger partial charge in [0.15, 0.2) is 0 Å². The summed E-state index contributed by atoms with van der Waals surface area (Å²) in [7, 11) is -3.39. The van der Waals surface area contributed by atoms with Crippen molar-refractivity contribution in [3.63, 3.8) is 0 Å². The van der Waals surface area contributed by atoms with Crippen molar-refractivity contribution in [3.8, 4) is 0 Å². The second-order valence-corrected chi connectivity index (χ2v) is 7.97. The van der Waals surface area contributed by atoms with Crippen LogP contribution in [0.2, 0.25) is 0 Å². The van der Waals surface area contributed by atoms with E-state index in [1.807, 2.05) is 0 Å². The van der Waals surface area contributed by atoms with Gasteiger partial charge >= 0.3 is 0 Å². The van der Waals surface area contributed by atoms with Gasteiger partial charge in [-0.15, -0.1) is 0 Å². The fraction of sp³-hybridized carbons (Fsp3) is 0.588. The van der Waals surface area contributed by atoms with Crippen molar-refractivity contribution in [1.82, 2.24) is 9.62 Å². The Morgan fingerprint density at radius 3 is 2.42 bits per heavy atom. The summed E-state index contributed by atoms with van der Waals surface area (Å²) in [5.74, 6) is -0.0616. The van der Waals surface area contributed by atoms with E-state index < -0.39 is 10.0 Å². The predicted molar refractivity (Wildman–Crippen MR) is 92.1 cm³/mol. The summed E-state index contributed by atoms with van der Waals surface area (Å²) in [5, 5.41) is 11.4. The van der Waals surface area contributed by atoms with Gasteiger partial charge in [-0.2, -0.15) is 4.31 Å². The quantitative estimate of drug-likeness (QED) is 0.689. The fourth-order valence-electron chi connectivity index (χ4n) is 2.74. The van der Waals surface area contributed by atoms with E-state index in [2.05, 4.69) is 5.32 Å². The van der Waals surface area contributed by atoms with Crippen molar-refractivity contribution in [2.45, 2.75) is 43.4 Å². The zero-order valence-electron chi connectivity index (χ0n) is 13.9. The maximum atomic E-state index is 12.6. The molecule has 0 spiro atoms. The second kappa shape index (κ2) is 9.15. The molecule has 1 aliphatic heterocycles. The number of nitrogens with zero attached hydrogens (tertiary/aromatic N) is 1. The summed E-state index contributed by atoms with van der Waals surface area (Å²) in [6.07, 6.45) is 4.39. The van der Waals surface area contributed by atoms with Gasteiger partial charge in [-0.3, -0.25) is 4.79 Å². The average molecular weight is 354 g/mol. The Morgan fingerprint density at radius 2 is 1.79 bits per heavy atom. The van der Waals surface area contributed by atoms with E-state index in [1.165, 1.54) is 0 Å². The van der Waals surface area contributed by atoms with Crippen LogP contribution in [0.15, 0.2) is 29.2 Å². The Labute approximate surface area is 143 Å². The van der Waals surface area contributed by atoms with E-state index in [0.29, 0.717) is 43.8 Å². The van der Waals surface area contributed by atoms with Gasteiger partial charge in [0.25, 0.3) is 0 Å². The fourth-order valence-corrected chi connectivity index (χ4v) is 4.25. The highest BCUT2D eigenvalue weighted by Crippen LogP contribution is 2.21. The van der Waals surface area contributed by atoms with Gasteiger partial charge in [-0.25, -0.2) is 8.42 Å². The largest absolute Gasteiger partial charge is 0.396 e. The number of sulfonamides is 1. The van der Waals surface area contributed by atoms with Crippen LogP contribution >= 0.6 is 0 Å². The molecule has 1 aromatic rings. The van der Waals surface area contributed by atoms with Gasteiger partial charge in [0, 0.05) is 32.7 Å². The first-order valence-corrected chi connectivity index (χ1v) is 9.94. The number of carbonyl (C=O) groups excluding carboxylic acids is 1. The number of piperidine rings is 1. The van der Waals surface area contributed by atoms with Crippen LogP contribution in [0.4, 0.5) is 0 Å². The number of aliphatic hydroxyl groups is 1. The highest BCUT2D eigenvalue weighted by Gasteiger charge is 2.25. The highest BCUT2D eigenvalue weighted by molar-refractivity contribution is 7.89. The first-order chi connectivity index (χ1) is 11.5. The average Bonchev–Trinajstić information content (AvgIpc) is 2.61. The van der Waals surface area contributed by atoms with E-state index in [0.717, 1.165) is 24.8 Å². The normalized spacial score (nSPS) is 16.0. The predicted octanol–water partition coefficient (Wildman–Crippen LogP) is 1.29. The van der Waals surface area contributed by atoms with Crippen molar-refractivity contribution in [1.29, 1.82) is 0 Å². The Bertz CT molecular complexity index is 622. The molecule has 2 rings (SSSR count). The molecule has 0 atom stereocenters. The summed E-state index contributed by atoms with van der Waals surface area (Å²) >= 11 is 0. The van der Waals surface area contributed by atoms with Gasteiger partial charge < -0.3 is 10.4 Å². The van der Waals surface area contributed by atoms with E-state index in [9.17, 15) is 13.2 Å². The van der Waals surface area contributed by atoms with Crippen molar-refractivity contribution in [2.24, 2.45) is 0 Å². The molecule has 0 unspecified atom stereocenters. The molecule has 24 heavy (non-hydrogen) atoms. The van der Waals surface area contributed by atoms with Crippen LogP contribution in [-0.2, 0) is 21.2 Å². The Hall–Kier alpha value is -1.44. The number of amides is 1. The number of aryl methyl sites for hydroxylation is 1. The van der Waals surface area contributed by atoms with Crippen LogP contribution in [0.25, 0.3) is 0 Å². The number of carbonyl (C=O) groups is 1. The Kier molecular flexibility index (Phi) is 7.20. The zero-order valence-corrected chi connectivity index (χ0v) is 14.7. The monoisotopic (exact) mass is 354 g/mol. The first-order valence-electron chi connectivity index (χ1n) is 8.50. The van der Waals surface area contributed by atoms with Gasteiger partial charge in [-0.05, 0) is 43.4 Å². The zero-order chi connectivity index (χ0) is 17.4. The molecule has 1 fully saturated rings. The summed E-state index contributed by atoms with van der Waals surface area (Å²) in [6, 6.07) is 6.81. The number of hydrogen-bond donors (Lipinski definition) is 2. The third-order valence-electron chi connectivity index (χ3n) is 4.17. The molecule has 1 heterocycles. The summed E-state index contributed by atoms with van der Waals surface area (Å²) in [5.41, 5.74) is 0.935. The molecule has 1 aliphatic rings. The summed E-state index contributed by atoms with van der Waals surface area (Å²) in [4.78, 5) is 11.9. The minimum absolute atomic E-state index is 0.0616. The van der Waals surface area contributed by atoms with Gasteiger partial charge in [0.05, 0.1) is 4.90 Å². The first kappa shape index (κ1) is 18.9. The maximum absolute atomic E-state index is 12.6. The molecule has 1 amide bonds. The van der Waals surface area contributed by atoms with Crippen molar-refractivity contribution in [3.05, 3.63) is 29.8 Å². The molecule has 0 radical (unpaired) electrons. The number of benzene rings is 1. The van der Waals surface area contributed by atoms with Gasteiger partial charge in [0.1, 0.15) is 0 Å². The molecule has 0 bridgehead atoms. The molecule has 1 saturated heterocycles. The van der Waals surface area contributed by atoms with E-state index in [-0.39, 0.29) is 12.5 Å². The summed E-state index contributed by atoms with van der Waals surface area (Å²) in [6.45, 7) is 1.73. The van der Waals surface area contributed by atoms with Crippen LogP contribution in [0.3, 0.4) is 0 Å². The number of nitrogens with one attached hydrogen (secondary N) is 1. The minimum Gasteiger partial charge on any atom is -0.396 e. The molecule has 0 saturated carbocycles. The highest BCUT2D eigenvalue weighted by atomic mass is 32.2. The molecule has 0 aliphatic carbocycles. The van der Waals surface area contributed by atoms with Crippen LogP contribution in [-0.4, -0.2) is 50.0 Å². The maximum Gasteiger partial charge on any atom is 0.243 e. The van der Waals surface area contributed by atoms with Gasteiger partial charge in [0.2, 0.25) is 15.9 Å². The van der Waals surface area contributed by atoms with Crippen molar-refractivity contribution < 1.29 is 18.3 Å². The molecule has 134 valence electrons. The van der Waals surface area contributed by atoms with Crippen LogP contribution < -0.4 is 5.32 Å².